The summed E-state index contributed by atoms with van der Waals surface area (Å²) in [5.74, 6) is 1.43. The van der Waals surface area contributed by atoms with Crippen LogP contribution in [-0.4, -0.2) is 30.1 Å². The minimum absolute atomic E-state index is 0.0739. The Kier molecular flexibility index (Phi) is 6.11. The van der Waals surface area contributed by atoms with Crippen molar-refractivity contribution in [2.45, 2.75) is 38.6 Å². The lowest BCUT2D eigenvalue weighted by Gasteiger charge is -2.36. The quantitative estimate of drug-likeness (QED) is 0.390. The number of fused-ring (bicyclic) bond motifs is 2. The molecule has 3 aromatic carbocycles. The topological polar surface area (TPSA) is 54.5 Å². The van der Waals surface area contributed by atoms with E-state index in [0.717, 1.165) is 46.1 Å². The lowest BCUT2D eigenvalue weighted by atomic mass is 10.00. The van der Waals surface area contributed by atoms with Gasteiger partial charge in [-0.2, -0.15) is 0 Å². The van der Waals surface area contributed by atoms with Crippen LogP contribution in [0.4, 0.5) is 11.5 Å². The van der Waals surface area contributed by atoms with Crippen molar-refractivity contribution in [3.8, 4) is 5.75 Å². The zero-order valence-electron chi connectivity index (χ0n) is 19.0. The average molecular weight is 440 g/mol. The Labute approximate surface area is 194 Å². The van der Waals surface area contributed by atoms with Crippen molar-refractivity contribution < 1.29 is 9.53 Å². The summed E-state index contributed by atoms with van der Waals surface area (Å²) in [7, 11) is 0. The van der Waals surface area contributed by atoms with Gasteiger partial charge >= 0.3 is 0 Å². The van der Waals surface area contributed by atoms with Crippen LogP contribution in [0.5, 0.6) is 5.75 Å². The van der Waals surface area contributed by atoms with Crippen LogP contribution in [0.1, 0.15) is 32.6 Å². The minimum atomic E-state index is -0.193. The van der Waals surface area contributed by atoms with E-state index in [4.69, 9.17) is 9.72 Å². The third-order valence-electron chi connectivity index (χ3n) is 6.48. The molecule has 1 saturated heterocycles. The first kappa shape index (κ1) is 21.3. The SMILES string of the molecule is CCC1CCCCN1c1ccc2cccc(OCC(=O)Nc3cccc4ccccc34)c2n1. The summed E-state index contributed by atoms with van der Waals surface area (Å²) in [6, 6.07) is 24.5. The first-order valence-electron chi connectivity index (χ1n) is 11.8. The third kappa shape index (κ3) is 4.49. The van der Waals surface area contributed by atoms with Crippen LogP contribution in [0, 0.1) is 0 Å². The number of nitrogens with zero attached hydrogens (tertiary/aromatic N) is 2. The maximum absolute atomic E-state index is 12.7. The third-order valence-corrected chi connectivity index (χ3v) is 6.48. The van der Waals surface area contributed by atoms with Gasteiger partial charge in [-0.25, -0.2) is 4.98 Å². The number of rotatable bonds is 6. The number of aromatic nitrogens is 1. The normalized spacial score (nSPS) is 16.2. The molecular weight excluding hydrogens is 410 g/mol. The predicted octanol–water partition coefficient (Wildman–Crippen LogP) is 6.17. The number of carbonyl (C=O) groups is 1. The summed E-state index contributed by atoms with van der Waals surface area (Å²) in [4.78, 5) is 20.1. The van der Waals surface area contributed by atoms with Gasteiger partial charge in [0.1, 0.15) is 17.1 Å². The van der Waals surface area contributed by atoms with E-state index in [0.29, 0.717) is 11.8 Å². The Balaban J connectivity index is 1.34. The van der Waals surface area contributed by atoms with E-state index in [-0.39, 0.29) is 12.5 Å². The van der Waals surface area contributed by atoms with Crippen molar-refractivity contribution in [3.05, 3.63) is 72.8 Å². The van der Waals surface area contributed by atoms with Crippen molar-refractivity contribution in [1.82, 2.24) is 4.98 Å². The van der Waals surface area contributed by atoms with Gasteiger partial charge in [0.2, 0.25) is 0 Å². The lowest BCUT2D eigenvalue weighted by molar-refractivity contribution is -0.118. The Morgan fingerprint density at radius 1 is 1.00 bits per heavy atom. The largest absolute Gasteiger partial charge is 0.481 e. The van der Waals surface area contributed by atoms with Gasteiger partial charge in [-0.05, 0) is 55.3 Å². The zero-order chi connectivity index (χ0) is 22.6. The molecule has 1 aliphatic rings. The number of benzene rings is 3. The van der Waals surface area contributed by atoms with Crippen LogP contribution < -0.4 is 15.0 Å². The fraction of sp³-hybridized carbons (Fsp3) is 0.286. The number of ether oxygens (including phenoxy) is 1. The van der Waals surface area contributed by atoms with Gasteiger partial charge in [0, 0.05) is 29.0 Å². The Hall–Kier alpha value is -3.60. The van der Waals surface area contributed by atoms with Gasteiger partial charge < -0.3 is 15.0 Å². The monoisotopic (exact) mass is 439 g/mol. The van der Waals surface area contributed by atoms with Gasteiger partial charge in [-0.3, -0.25) is 4.79 Å². The summed E-state index contributed by atoms with van der Waals surface area (Å²) in [6.07, 6.45) is 4.81. The standard InChI is InChI=1S/C28H29N3O2/c1-2-22-12-5-6-18-31(22)26-17-16-21-11-8-15-25(28(21)30-26)33-19-27(32)29-24-14-7-10-20-9-3-4-13-23(20)24/h3-4,7-11,13-17,22H,2,5-6,12,18-19H2,1H3,(H,29,32). The molecule has 0 radical (unpaired) electrons. The fourth-order valence-corrected chi connectivity index (χ4v) is 4.78. The highest BCUT2D eigenvalue weighted by Crippen LogP contribution is 2.30. The maximum Gasteiger partial charge on any atom is 0.262 e. The van der Waals surface area contributed by atoms with Crippen molar-refractivity contribution in [1.29, 1.82) is 0 Å². The van der Waals surface area contributed by atoms with E-state index in [1.807, 2.05) is 60.7 Å². The van der Waals surface area contributed by atoms with Gasteiger partial charge in [0.15, 0.2) is 6.61 Å². The second-order valence-electron chi connectivity index (χ2n) is 8.61. The number of amides is 1. The number of hydrogen-bond donors (Lipinski definition) is 1. The first-order chi connectivity index (χ1) is 16.2. The van der Waals surface area contributed by atoms with Crippen molar-refractivity contribution in [3.63, 3.8) is 0 Å². The summed E-state index contributed by atoms with van der Waals surface area (Å²) in [5, 5.41) is 6.10. The smallest absolute Gasteiger partial charge is 0.262 e. The van der Waals surface area contributed by atoms with E-state index in [9.17, 15) is 4.79 Å². The van der Waals surface area contributed by atoms with Crippen molar-refractivity contribution in [2.75, 3.05) is 23.4 Å². The fourth-order valence-electron chi connectivity index (χ4n) is 4.78. The second-order valence-corrected chi connectivity index (χ2v) is 8.61. The highest BCUT2D eigenvalue weighted by atomic mass is 16.5. The van der Waals surface area contributed by atoms with E-state index in [1.54, 1.807) is 0 Å². The number of pyridine rings is 1. The Morgan fingerprint density at radius 2 is 1.82 bits per heavy atom. The molecule has 5 heteroatoms. The molecule has 1 amide bonds. The Morgan fingerprint density at radius 3 is 2.73 bits per heavy atom. The number of nitrogens with one attached hydrogen (secondary N) is 1. The van der Waals surface area contributed by atoms with E-state index in [1.165, 1.54) is 19.3 Å². The summed E-state index contributed by atoms with van der Waals surface area (Å²) < 4.78 is 5.97. The number of para-hydroxylation sites is 1. The Bertz CT molecular complexity index is 1280. The summed E-state index contributed by atoms with van der Waals surface area (Å²) in [5.41, 5.74) is 1.59. The molecule has 0 spiro atoms. The van der Waals surface area contributed by atoms with Crippen molar-refractivity contribution >= 4 is 39.1 Å². The van der Waals surface area contributed by atoms with E-state index >= 15 is 0 Å². The first-order valence-corrected chi connectivity index (χ1v) is 11.8. The zero-order valence-corrected chi connectivity index (χ0v) is 19.0. The summed E-state index contributed by atoms with van der Waals surface area (Å²) in [6.45, 7) is 3.20. The number of anilines is 2. The molecule has 1 atom stereocenters. The molecule has 33 heavy (non-hydrogen) atoms. The van der Waals surface area contributed by atoms with Crippen LogP contribution in [0.15, 0.2) is 72.8 Å². The highest BCUT2D eigenvalue weighted by Gasteiger charge is 2.22. The van der Waals surface area contributed by atoms with Crippen LogP contribution >= 0.6 is 0 Å². The van der Waals surface area contributed by atoms with Gasteiger partial charge in [0.25, 0.3) is 5.91 Å². The van der Waals surface area contributed by atoms with Gasteiger partial charge in [-0.15, -0.1) is 0 Å². The molecule has 0 saturated carbocycles. The number of hydrogen-bond acceptors (Lipinski definition) is 4. The van der Waals surface area contributed by atoms with Crippen LogP contribution in [0.2, 0.25) is 0 Å². The highest BCUT2D eigenvalue weighted by molar-refractivity contribution is 6.02. The molecule has 168 valence electrons. The molecular formula is C28H29N3O2. The molecule has 1 fully saturated rings. The molecule has 5 rings (SSSR count). The predicted molar refractivity (Wildman–Crippen MR) is 135 cm³/mol. The van der Waals surface area contributed by atoms with Gasteiger partial charge in [0.05, 0.1) is 0 Å². The second kappa shape index (κ2) is 9.49. The molecule has 5 nitrogen and oxygen atoms in total. The molecule has 4 aromatic rings. The van der Waals surface area contributed by atoms with E-state index in [2.05, 4.69) is 29.3 Å². The summed E-state index contributed by atoms with van der Waals surface area (Å²) >= 11 is 0. The molecule has 2 heterocycles. The van der Waals surface area contributed by atoms with Crippen LogP contribution in [0.25, 0.3) is 21.7 Å². The average Bonchev–Trinajstić information content (AvgIpc) is 2.87. The molecule has 1 unspecified atom stereocenters. The number of carbonyl (C=O) groups excluding carboxylic acids is 1. The molecule has 1 aromatic heterocycles. The minimum Gasteiger partial charge on any atom is -0.481 e. The molecule has 0 aliphatic carbocycles. The van der Waals surface area contributed by atoms with E-state index < -0.39 is 0 Å². The molecule has 1 aliphatic heterocycles. The molecule has 0 bridgehead atoms. The molecule has 1 N–H and O–H groups in total. The van der Waals surface area contributed by atoms with Crippen molar-refractivity contribution in [2.24, 2.45) is 0 Å². The van der Waals surface area contributed by atoms with Gasteiger partial charge in [-0.1, -0.05) is 55.5 Å². The van der Waals surface area contributed by atoms with Crippen LogP contribution in [0.3, 0.4) is 0 Å². The van der Waals surface area contributed by atoms with Crippen LogP contribution in [-0.2, 0) is 4.79 Å². The number of piperidine rings is 1. The lowest BCUT2D eigenvalue weighted by Crippen LogP contribution is -2.39. The maximum atomic E-state index is 12.7.